The molecule has 0 radical (unpaired) electrons. The van der Waals surface area contributed by atoms with Crippen LogP contribution in [-0.4, -0.2) is 19.1 Å². The number of alkyl halides is 9. The molecule has 408 valence electrons. The van der Waals surface area contributed by atoms with Gasteiger partial charge in [-0.05, 0) is 166 Å². The molecular formula is C60H87F9O3. The van der Waals surface area contributed by atoms with Crippen molar-refractivity contribution in [3.05, 3.63) is 89.5 Å². The van der Waals surface area contributed by atoms with Gasteiger partial charge in [-0.15, -0.1) is 39.5 Å². The molecule has 0 aliphatic heterocycles. The summed E-state index contributed by atoms with van der Waals surface area (Å²) in [5.41, 5.74) is 3.43. The average Bonchev–Trinajstić information content (AvgIpc) is 3.34. The molecule has 0 atom stereocenters. The van der Waals surface area contributed by atoms with Crippen molar-refractivity contribution >= 4 is 0 Å². The third kappa shape index (κ3) is 26.1. The van der Waals surface area contributed by atoms with Crippen molar-refractivity contribution in [1.82, 2.24) is 0 Å². The number of rotatable bonds is 24. The lowest BCUT2D eigenvalue weighted by Crippen LogP contribution is -2.17. The zero-order valence-electron chi connectivity index (χ0n) is 43.7. The minimum Gasteiger partial charge on any atom is -0.406 e. The van der Waals surface area contributed by atoms with Crippen LogP contribution in [0.5, 0.6) is 17.2 Å². The molecule has 0 bridgehead atoms. The summed E-state index contributed by atoms with van der Waals surface area (Å²) in [6.07, 6.45) is 24.7. The van der Waals surface area contributed by atoms with Crippen LogP contribution >= 0.6 is 0 Å². The van der Waals surface area contributed by atoms with Crippen molar-refractivity contribution in [2.24, 2.45) is 17.8 Å². The van der Waals surface area contributed by atoms with Crippen molar-refractivity contribution in [2.75, 3.05) is 0 Å². The molecule has 3 fully saturated rings. The molecule has 72 heavy (non-hydrogen) atoms. The van der Waals surface area contributed by atoms with E-state index in [0.29, 0.717) is 17.8 Å². The molecular weight excluding hydrogens is 940 g/mol. The van der Waals surface area contributed by atoms with Crippen LogP contribution in [0.2, 0.25) is 0 Å². The standard InChI is InChI=1S/C21H31F3O.C20H29F3O.C19H27F3O/c1-2-3-4-5-6-7-8-17-9-11-18(12-10-17)19-13-15-20(16-14-19)25-21(22,23)24;1-2-3-4-5-6-7-16-8-10-17(11-9-16)18-12-14-19(15-13-18)24-20(21,22)23;1-2-3-4-5-6-15-7-9-16(10-8-15)17-11-13-18(14-12-17)23-19(20,21)22/h13-18H,2-12H2,1H3;12-17H,2-11H2,1H3;11-16H,2-10H2,1H3. The summed E-state index contributed by atoms with van der Waals surface area (Å²) in [5, 5.41) is 0. The topological polar surface area (TPSA) is 27.7 Å². The van der Waals surface area contributed by atoms with Crippen LogP contribution in [0.3, 0.4) is 0 Å². The van der Waals surface area contributed by atoms with E-state index in [9.17, 15) is 39.5 Å². The van der Waals surface area contributed by atoms with Crippen molar-refractivity contribution in [3.63, 3.8) is 0 Å². The molecule has 0 spiro atoms. The zero-order chi connectivity index (χ0) is 52.2. The van der Waals surface area contributed by atoms with E-state index in [-0.39, 0.29) is 17.2 Å². The monoisotopic (exact) mass is 1030 g/mol. The molecule has 3 aliphatic rings. The van der Waals surface area contributed by atoms with E-state index in [2.05, 4.69) is 35.0 Å². The molecule has 3 aromatic rings. The summed E-state index contributed by atoms with van der Waals surface area (Å²) in [6.45, 7) is 6.72. The maximum atomic E-state index is 12.2. The first kappa shape index (κ1) is 61.0. The van der Waals surface area contributed by atoms with E-state index in [1.807, 2.05) is 0 Å². The van der Waals surface area contributed by atoms with E-state index in [4.69, 9.17) is 0 Å². The van der Waals surface area contributed by atoms with Gasteiger partial charge in [-0.3, -0.25) is 0 Å². The Labute approximate surface area is 427 Å². The van der Waals surface area contributed by atoms with Crippen LogP contribution in [-0.2, 0) is 0 Å². The molecule has 3 aliphatic carbocycles. The van der Waals surface area contributed by atoms with Crippen LogP contribution in [0.15, 0.2) is 72.8 Å². The largest absolute Gasteiger partial charge is 0.573 e. The molecule has 12 heteroatoms. The predicted octanol–water partition coefficient (Wildman–Crippen LogP) is 21.7. The van der Waals surface area contributed by atoms with E-state index < -0.39 is 19.1 Å². The Morgan fingerprint density at radius 1 is 0.306 bits per heavy atom. The highest BCUT2D eigenvalue weighted by molar-refractivity contribution is 5.32. The summed E-state index contributed by atoms with van der Waals surface area (Å²) in [5.74, 6) is 3.59. The average molecular weight is 1030 g/mol. The molecule has 3 nitrogen and oxygen atoms in total. The molecule has 0 aromatic heterocycles. The number of ether oxygens (including phenoxy) is 3. The number of hydrogen-bond donors (Lipinski definition) is 0. The maximum Gasteiger partial charge on any atom is 0.573 e. The molecule has 0 unspecified atom stereocenters. The molecule has 0 amide bonds. The Hall–Kier alpha value is -3.57. The first-order valence-electron chi connectivity index (χ1n) is 28.0. The molecule has 0 heterocycles. The van der Waals surface area contributed by atoms with Gasteiger partial charge in [0.05, 0.1) is 0 Å². The number of hydrogen-bond acceptors (Lipinski definition) is 3. The van der Waals surface area contributed by atoms with Crippen LogP contribution in [0.4, 0.5) is 39.5 Å². The molecule has 0 saturated heterocycles. The van der Waals surface area contributed by atoms with E-state index in [1.54, 1.807) is 36.4 Å². The lowest BCUT2D eigenvalue weighted by molar-refractivity contribution is -0.275. The lowest BCUT2D eigenvalue weighted by atomic mass is 9.77. The van der Waals surface area contributed by atoms with Crippen LogP contribution < -0.4 is 14.2 Å². The van der Waals surface area contributed by atoms with E-state index >= 15 is 0 Å². The van der Waals surface area contributed by atoms with Gasteiger partial charge in [0.2, 0.25) is 0 Å². The van der Waals surface area contributed by atoms with Gasteiger partial charge in [-0.1, -0.05) is 173 Å². The van der Waals surface area contributed by atoms with Crippen molar-refractivity contribution in [2.45, 2.75) is 250 Å². The zero-order valence-corrected chi connectivity index (χ0v) is 43.7. The van der Waals surface area contributed by atoms with Crippen LogP contribution in [0.25, 0.3) is 0 Å². The van der Waals surface area contributed by atoms with Gasteiger partial charge in [0.1, 0.15) is 17.2 Å². The summed E-state index contributed by atoms with van der Waals surface area (Å²) in [6, 6.07) is 19.3. The number of halogens is 9. The summed E-state index contributed by atoms with van der Waals surface area (Å²) in [7, 11) is 0. The number of benzene rings is 3. The highest BCUT2D eigenvalue weighted by Crippen LogP contribution is 2.41. The molecule has 6 rings (SSSR count). The first-order valence-corrected chi connectivity index (χ1v) is 28.0. The summed E-state index contributed by atoms with van der Waals surface area (Å²) in [4.78, 5) is 0. The Morgan fingerprint density at radius 3 is 0.736 bits per heavy atom. The highest BCUT2D eigenvalue weighted by Gasteiger charge is 2.33. The second kappa shape index (κ2) is 32.7. The van der Waals surface area contributed by atoms with Crippen LogP contribution in [0.1, 0.15) is 248 Å². The van der Waals surface area contributed by atoms with Crippen molar-refractivity contribution in [3.8, 4) is 17.2 Å². The molecule has 3 aromatic carbocycles. The van der Waals surface area contributed by atoms with Gasteiger partial charge in [-0.2, -0.15) is 0 Å². The molecule has 3 saturated carbocycles. The third-order valence-electron chi connectivity index (χ3n) is 15.4. The lowest BCUT2D eigenvalue weighted by Gasteiger charge is -2.29. The Bertz CT molecular complexity index is 1800. The fourth-order valence-electron chi connectivity index (χ4n) is 11.3. The van der Waals surface area contributed by atoms with Gasteiger partial charge in [0, 0.05) is 0 Å². The van der Waals surface area contributed by atoms with Crippen molar-refractivity contribution < 1.29 is 53.7 Å². The SMILES string of the molecule is CCCCCCC1CCC(c2ccc(OC(F)(F)F)cc2)CC1.CCCCCCCC1CCC(c2ccc(OC(F)(F)F)cc2)CC1.CCCCCCCCC1CCC(c2ccc(OC(F)(F)F)cc2)CC1. The van der Waals surface area contributed by atoms with Gasteiger partial charge < -0.3 is 14.2 Å². The Morgan fingerprint density at radius 2 is 0.514 bits per heavy atom. The third-order valence-corrected chi connectivity index (χ3v) is 15.4. The second-order valence-corrected chi connectivity index (χ2v) is 21.1. The van der Waals surface area contributed by atoms with Crippen molar-refractivity contribution in [1.29, 1.82) is 0 Å². The quantitative estimate of drug-likeness (QED) is 0.0661. The van der Waals surface area contributed by atoms with Gasteiger partial charge >= 0.3 is 19.1 Å². The fraction of sp³-hybridized carbons (Fsp3) is 0.700. The van der Waals surface area contributed by atoms with Gasteiger partial charge in [-0.25, -0.2) is 0 Å². The van der Waals surface area contributed by atoms with Gasteiger partial charge in [0.15, 0.2) is 0 Å². The smallest absolute Gasteiger partial charge is 0.406 e. The number of unbranched alkanes of at least 4 members (excludes halogenated alkanes) is 12. The summed E-state index contributed by atoms with van der Waals surface area (Å²) < 4.78 is 121. The van der Waals surface area contributed by atoms with Crippen LogP contribution in [0, 0.1) is 17.8 Å². The second-order valence-electron chi connectivity index (χ2n) is 21.1. The van der Waals surface area contributed by atoms with E-state index in [1.165, 1.54) is 190 Å². The minimum atomic E-state index is -4.61. The highest BCUT2D eigenvalue weighted by atomic mass is 19.4. The fourth-order valence-corrected chi connectivity index (χ4v) is 11.3. The van der Waals surface area contributed by atoms with E-state index in [0.717, 1.165) is 73.0 Å². The van der Waals surface area contributed by atoms with Gasteiger partial charge in [0.25, 0.3) is 0 Å². The summed E-state index contributed by atoms with van der Waals surface area (Å²) >= 11 is 0. The Kier molecular flexibility index (Phi) is 27.7. The maximum absolute atomic E-state index is 12.2. The minimum absolute atomic E-state index is 0.131. The molecule has 0 N–H and O–H groups in total. The normalized spacial score (nSPS) is 21.7. The first-order chi connectivity index (χ1) is 34.4. The Balaban J connectivity index is 0.000000235. The predicted molar refractivity (Wildman–Crippen MR) is 274 cm³/mol.